The lowest BCUT2D eigenvalue weighted by Gasteiger charge is -2.30. The average molecular weight is 323 g/mol. The zero-order valence-corrected chi connectivity index (χ0v) is 13.6. The van der Waals surface area contributed by atoms with Crippen molar-refractivity contribution < 1.29 is 9.53 Å². The van der Waals surface area contributed by atoms with Gasteiger partial charge in [0.25, 0.3) is 0 Å². The van der Waals surface area contributed by atoms with Gasteiger partial charge in [-0.3, -0.25) is 4.79 Å². The van der Waals surface area contributed by atoms with Gasteiger partial charge < -0.3 is 15.4 Å². The van der Waals surface area contributed by atoms with E-state index in [9.17, 15) is 4.79 Å². The first-order valence-electron chi connectivity index (χ1n) is 7.95. The summed E-state index contributed by atoms with van der Waals surface area (Å²) in [6.07, 6.45) is 3.48. The Hall–Kier alpha value is -1.26. The zero-order chi connectivity index (χ0) is 15.7. The van der Waals surface area contributed by atoms with Crippen molar-refractivity contribution in [2.75, 3.05) is 20.2 Å². The molecule has 5 heteroatoms. The number of hydrogen-bond acceptors (Lipinski definition) is 3. The van der Waals surface area contributed by atoms with E-state index >= 15 is 0 Å². The Morgan fingerprint density at radius 1 is 1.41 bits per heavy atom. The molecule has 1 aromatic carbocycles. The molecule has 3 rings (SSSR count). The van der Waals surface area contributed by atoms with Crippen molar-refractivity contribution in [3.63, 3.8) is 0 Å². The Balaban J connectivity index is 1.49. The van der Waals surface area contributed by atoms with Crippen molar-refractivity contribution >= 4 is 17.5 Å². The van der Waals surface area contributed by atoms with Gasteiger partial charge in [-0.15, -0.1) is 0 Å². The van der Waals surface area contributed by atoms with Gasteiger partial charge in [-0.25, -0.2) is 0 Å². The number of halogens is 1. The van der Waals surface area contributed by atoms with E-state index in [1.807, 2.05) is 19.2 Å². The number of carbonyl (C=O) groups is 1. The van der Waals surface area contributed by atoms with E-state index in [0.29, 0.717) is 30.0 Å². The highest BCUT2D eigenvalue weighted by atomic mass is 35.5. The fourth-order valence-electron chi connectivity index (χ4n) is 3.92. The van der Waals surface area contributed by atoms with Crippen molar-refractivity contribution in [2.45, 2.75) is 25.3 Å². The van der Waals surface area contributed by atoms with Gasteiger partial charge in [-0.2, -0.15) is 0 Å². The Morgan fingerprint density at radius 3 is 2.86 bits per heavy atom. The Labute approximate surface area is 136 Å². The molecule has 0 radical (unpaired) electrons. The van der Waals surface area contributed by atoms with E-state index in [2.05, 4.69) is 0 Å². The largest absolute Gasteiger partial charge is 0.492 e. The maximum absolute atomic E-state index is 12.6. The summed E-state index contributed by atoms with van der Waals surface area (Å²) in [4.78, 5) is 14.4. The number of amides is 1. The minimum absolute atomic E-state index is 0.00918. The molecule has 0 aliphatic heterocycles. The number of fused-ring (bicyclic) bond motifs is 2. The van der Waals surface area contributed by atoms with Crippen LogP contribution in [-0.4, -0.2) is 37.0 Å². The summed E-state index contributed by atoms with van der Waals surface area (Å²) >= 11 is 5.92. The molecule has 2 saturated carbocycles. The number of rotatable bonds is 5. The van der Waals surface area contributed by atoms with Crippen LogP contribution in [0.15, 0.2) is 24.3 Å². The maximum Gasteiger partial charge on any atom is 0.227 e. The molecule has 0 spiro atoms. The van der Waals surface area contributed by atoms with Crippen LogP contribution >= 0.6 is 11.6 Å². The molecule has 0 saturated heterocycles. The smallest absolute Gasteiger partial charge is 0.227 e. The minimum Gasteiger partial charge on any atom is -0.492 e. The van der Waals surface area contributed by atoms with Gasteiger partial charge in [0.2, 0.25) is 5.91 Å². The second kappa shape index (κ2) is 6.47. The molecular formula is C17H23ClN2O2. The molecule has 4 atom stereocenters. The van der Waals surface area contributed by atoms with Gasteiger partial charge in [0, 0.05) is 18.1 Å². The summed E-state index contributed by atoms with van der Waals surface area (Å²) in [5.41, 5.74) is 6.25. The molecule has 0 aromatic heterocycles. The summed E-state index contributed by atoms with van der Waals surface area (Å²) in [6, 6.07) is 7.33. The molecule has 1 aromatic rings. The number of carbonyl (C=O) groups excluding carboxylic acids is 1. The van der Waals surface area contributed by atoms with E-state index in [1.54, 1.807) is 17.0 Å². The third kappa shape index (κ3) is 3.08. The molecule has 0 heterocycles. The Kier molecular flexibility index (Phi) is 4.59. The predicted molar refractivity (Wildman–Crippen MR) is 86.9 cm³/mol. The number of benzene rings is 1. The second-order valence-corrected chi connectivity index (χ2v) is 6.94. The van der Waals surface area contributed by atoms with Gasteiger partial charge in [0.05, 0.1) is 12.5 Å². The first kappa shape index (κ1) is 15.6. The van der Waals surface area contributed by atoms with Crippen LogP contribution in [0.4, 0.5) is 0 Å². The van der Waals surface area contributed by atoms with E-state index in [0.717, 1.165) is 18.6 Å². The fraction of sp³-hybridized carbons (Fsp3) is 0.588. The summed E-state index contributed by atoms with van der Waals surface area (Å²) in [5, 5.41) is 0.648. The standard InChI is InChI=1S/C17H23ClN2O2/c1-20(7-8-22-14-4-2-3-13(18)10-14)17(21)15-11-5-6-12(9-11)16(15)19/h2-4,10-12,15-16H,5-9,19H2,1H3. The van der Waals surface area contributed by atoms with Crippen LogP contribution in [0.5, 0.6) is 5.75 Å². The van der Waals surface area contributed by atoms with E-state index < -0.39 is 0 Å². The summed E-state index contributed by atoms with van der Waals surface area (Å²) in [6.45, 7) is 1.02. The van der Waals surface area contributed by atoms with Crippen molar-refractivity contribution in [3.05, 3.63) is 29.3 Å². The van der Waals surface area contributed by atoms with Crippen LogP contribution in [0.3, 0.4) is 0 Å². The minimum atomic E-state index is 0.00918. The maximum atomic E-state index is 12.6. The molecule has 4 unspecified atom stereocenters. The monoisotopic (exact) mass is 322 g/mol. The highest BCUT2D eigenvalue weighted by Gasteiger charge is 2.49. The Bertz CT molecular complexity index is 549. The normalized spacial score (nSPS) is 29.6. The lowest BCUT2D eigenvalue weighted by molar-refractivity contribution is -0.136. The molecule has 1 amide bonds. The number of nitrogens with two attached hydrogens (primary N) is 1. The van der Waals surface area contributed by atoms with E-state index in [4.69, 9.17) is 22.1 Å². The van der Waals surface area contributed by atoms with Crippen molar-refractivity contribution in [1.82, 2.24) is 4.90 Å². The quantitative estimate of drug-likeness (QED) is 0.906. The number of hydrogen-bond donors (Lipinski definition) is 1. The van der Waals surface area contributed by atoms with Gasteiger partial charge in [0.15, 0.2) is 0 Å². The van der Waals surface area contributed by atoms with Crippen LogP contribution in [0.25, 0.3) is 0 Å². The average Bonchev–Trinajstić information content (AvgIpc) is 3.07. The van der Waals surface area contributed by atoms with Crippen molar-refractivity contribution in [3.8, 4) is 5.75 Å². The number of ether oxygens (including phenoxy) is 1. The molecule has 2 fully saturated rings. The van der Waals surface area contributed by atoms with Crippen molar-refractivity contribution in [1.29, 1.82) is 0 Å². The predicted octanol–water partition coefficient (Wildman–Crippen LogP) is 2.55. The highest BCUT2D eigenvalue weighted by Crippen LogP contribution is 2.48. The summed E-state index contributed by atoms with van der Waals surface area (Å²) in [7, 11) is 1.84. The molecule has 4 nitrogen and oxygen atoms in total. The third-order valence-corrected chi connectivity index (χ3v) is 5.37. The molecular weight excluding hydrogens is 300 g/mol. The van der Waals surface area contributed by atoms with Gasteiger partial charge in [0.1, 0.15) is 12.4 Å². The van der Waals surface area contributed by atoms with Crippen LogP contribution in [-0.2, 0) is 4.79 Å². The second-order valence-electron chi connectivity index (χ2n) is 6.50. The summed E-state index contributed by atoms with van der Waals surface area (Å²) in [5.74, 6) is 1.95. The van der Waals surface area contributed by atoms with E-state index in [1.165, 1.54) is 6.42 Å². The first-order chi connectivity index (χ1) is 10.6. The third-order valence-electron chi connectivity index (χ3n) is 5.13. The van der Waals surface area contributed by atoms with Gasteiger partial charge in [-0.05, 0) is 49.3 Å². The lowest BCUT2D eigenvalue weighted by atomic mass is 9.84. The van der Waals surface area contributed by atoms with Crippen molar-refractivity contribution in [2.24, 2.45) is 23.5 Å². The molecule has 2 N–H and O–H groups in total. The molecule has 2 aliphatic rings. The molecule has 120 valence electrons. The SMILES string of the molecule is CN(CCOc1cccc(Cl)c1)C(=O)C1C2CCC(C2)C1N. The van der Waals surface area contributed by atoms with Gasteiger partial charge in [-0.1, -0.05) is 17.7 Å². The summed E-state index contributed by atoms with van der Waals surface area (Å²) < 4.78 is 5.65. The highest BCUT2D eigenvalue weighted by molar-refractivity contribution is 6.30. The molecule has 22 heavy (non-hydrogen) atoms. The molecule has 2 bridgehead atoms. The van der Waals surface area contributed by atoms with Gasteiger partial charge >= 0.3 is 0 Å². The van der Waals surface area contributed by atoms with Crippen LogP contribution in [0.2, 0.25) is 5.02 Å². The Morgan fingerprint density at radius 2 is 2.18 bits per heavy atom. The topological polar surface area (TPSA) is 55.6 Å². The number of nitrogens with zero attached hydrogens (tertiary/aromatic N) is 1. The first-order valence-corrected chi connectivity index (χ1v) is 8.33. The van der Waals surface area contributed by atoms with Crippen LogP contribution in [0, 0.1) is 17.8 Å². The van der Waals surface area contributed by atoms with Crippen LogP contribution in [0.1, 0.15) is 19.3 Å². The zero-order valence-electron chi connectivity index (χ0n) is 12.9. The fourth-order valence-corrected chi connectivity index (χ4v) is 4.10. The molecule has 2 aliphatic carbocycles. The number of likely N-dealkylation sites (N-methyl/N-ethyl adjacent to an activating group) is 1. The van der Waals surface area contributed by atoms with E-state index in [-0.39, 0.29) is 17.9 Å². The lowest BCUT2D eigenvalue weighted by Crippen LogP contribution is -2.46. The van der Waals surface area contributed by atoms with Crippen LogP contribution < -0.4 is 10.5 Å².